The average molecular weight is 274 g/mol. The minimum absolute atomic E-state index is 0.0169. The van der Waals surface area contributed by atoms with Crippen molar-refractivity contribution in [2.45, 2.75) is 20.3 Å². The van der Waals surface area contributed by atoms with Crippen molar-refractivity contribution < 1.29 is 14.6 Å². The Balaban J connectivity index is 3.37. The molecule has 1 amide bonds. The fraction of sp³-hybridized carbons (Fsp3) is 0.333. The van der Waals surface area contributed by atoms with Crippen LogP contribution in [0.5, 0.6) is 11.5 Å². The van der Waals surface area contributed by atoms with Gasteiger partial charge >= 0.3 is 0 Å². The molecule has 0 aliphatic rings. The molecule has 0 bridgehead atoms. The van der Waals surface area contributed by atoms with Gasteiger partial charge in [-0.05, 0) is 36.6 Å². The van der Waals surface area contributed by atoms with Crippen LogP contribution >= 0.6 is 0 Å². The molecule has 5 heteroatoms. The lowest BCUT2D eigenvalue weighted by Gasteiger charge is -2.11. The first-order valence-corrected chi connectivity index (χ1v) is 6.37. The largest absolute Gasteiger partial charge is 0.504 e. The van der Waals surface area contributed by atoms with Crippen LogP contribution in [0.3, 0.4) is 0 Å². The Bertz CT molecular complexity index is 571. The lowest BCUT2D eigenvalue weighted by Crippen LogP contribution is -2.24. The number of allylic oxidation sites excluding steroid dienone is 1. The smallest absolute Gasteiger partial charge is 0.262 e. The van der Waals surface area contributed by atoms with E-state index in [4.69, 9.17) is 4.74 Å². The molecular weight excluding hydrogens is 256 g/mol. The number of amides is 1. The van der Waals surface area contributed by atoms with Crippen LogP contribution in [0.4, 0.5) is 0 Å². The van der Waals surface area contributed by atoms with E-state index in [1.54, 1.807) is 19.1 Å². The minimum atomic E-state index is -0.390. The maximum Gasteiger partial charge on any atom is 0.262 e. The highest BCUT2D eigenvalue weighted by Gasteiger charge is 2.16. The zero-order chi connectivity index (χ0) is 15.1. The Morgan fingerprint density at radius 3 is 2.65 bits per heavy atom. The number of nitrogens with zero attached hydrogens (tertiary/aromatic N) is 1. The zero-order valence-electron chi connectivity index (χ0n) is 11.9. The van der Waals surface area contributed by atoms with Crippen LogP contribution < -0.4 is 10.1 Å². The second-order valence-electron chi connectivity index (χ2n) is 4.06. The standard InChI is InChI=1S/C15H18N2O3/c1-4-11(12(9-16)15(19)17-5-2)10-6-7-13(18)14(8-10)20-3/h6-8,18H,4-5H2,1-3H3,(H,17,19). The van der Waals surface area contributed by atoms with E-state index < -0.39 is 0 Å². The van der Waals surface area contributed by atoms with E-state index in [-0.39, 0.29) is 17.2 Å². The normalized spacial score (nSPS) is 11.3. The minimum Gasteiger partial charge on any atom is -0.504 e. The number of methoxy groups -OCH3 is 1. The van der Waals surface area contributed by atoms with E-state index in [9.17, 15) is 15.2 Å². The molecule has 0 radical (unpaired) electrons. The Morgan fingerprint density at radius 2 is 2.15 bits per heavy atom. The Hall–Kier alpha value is -2.48. The van der Waals surface area contributed by atoms with Crippen molar-refractivity contribution in [3.05, 3.63) is 29.3 Å². The number of hydrogen-bond acceptors (Lipinski definition) is 4. The third-order valence-corrected chi connectivity index (χ3v) is 2.86. The van der Waals surface area contributed by atoms with Gasteiger partial charge in [-0.15, -0.1) is 0 Å². The van der Waals surface area contributed by atoms with Crippen molar-refractivity contribution in [3.8, 4) is 17.6 Å². The predicted octanol–water partition coefficient (Wildman–Crippen LogP) is 2.22. The maximum absolute atomic E-state index is 11.9. The fourth-order valence-electron chi connectivity index (χ4n) is 1.89. The second-order valence-corrected chi connectivity index (χ2v) is 4.06. The summed E-state index contributed by atoms with van der Waals surface area (Å²) < 4.78 is 5.05. The summed E-state index contributed by atoms with van der Waals surface area (Å²) in [4.78, 5) is 11.9. The molecule has 0 heterocycles. The monoisotopic (exact) mass is 274 g/mol. The number of carbonyl (C=O) groups is 1. The molecule has 1 aromatic carbocycles. The van der Waals surface area contributed by atoms with Crippen molar-refractivity contribution in [1.29, 1.82) is 5.26 Å². The number of hydrogen-bond donors (Lipinski definition) is 2. The predicted molar refractivity (Wildman–Crippen MR) is 76.2 cm³/mol. The third kappa shape index (κ3) is 3.29. The highest BCUT2D eigenvalue weighted by atomic mass is 16.5. The Kier molecular flexibility index (Phi) is 5.60. The SMILES string of the molecule is CCNC(=O)C(C#N)=C(CC)c1ccc(O)c(OC)c1. The molecule has 0 unspecified atom stereocenters. The molecule has 0 atom stereocenters. The number of nitriles is 1. The van der Waals surface area contributed by atoms with Crippen molar-refractivity contribution in [2.75, 3.05) is 13.7 Å². The van der Waals surface area contributed by atoms with Gasteiger partial charge in [-0.1, -0.05) is 13.0 Å². The summed E-state index contributed by atoms with van der Waals surface area (Å²) >= 11 is 0. The number of likely N-dealkylation sites (N-methyl/N-ethyl adjacent to an activating group) is 1. The molecule has 106 valence electrons. The number of ether oxygens (including phenoxy) is 1. The van der Waals surface area contributed by atoms with Crippen LogP contribution in [0.1, 0.15) is 25.8 Å². The van der Waals surface area contributed by atoms with Crippen molar-refractivity contribution in [3.63, 3.8) is 0 Å². The number of benzene rings is 1. The summed E-state index contributed by atoms with van der Waals surface area (Å²) in [7, 11) is 1.45. The molecular formula is C15H18N2O3. The molecule has 0 aromatic heterocycles. The number of phenolic OH excluding ortho intramolecular Hbond substituents is 1. The summed E-state index contributed by atoms with van der Waals surface area (Å²) in [6.45, 7) is 4.12. The van der Waals surface area contributed by atoms with Crippen LogP contribution in [0.15, 0.2) is 23.8 Å². The van der Waals surface area contributed by atoms with E-state index in [1.807, 2.05) is 13.0 Å². The summed E-state index contributed by atoms with van der Waals surface area (Å²) in [5.41, 5.74) is 1.39. The summed E-state index contributed by atoms with van der Waals surface area (Å²) in [6, 6.07) is 6.71. The quantitative estimate of drug-likeness (QED) is 0.637. The molecule has 1 rings (SSSR count). The first kappa shape index (κ1) is 15.6. The van der Waals surface area contributed by atoms with Crippen molar-refractivity contribution in [1.82, 2.24) is 5.32 Å². The van der Waals surface area contributed by atoms with Crippen molar-refractivity contribution >= 4 is 11.5 Å². The van der Waals surface area contributed by atoms with Crippen LogP contribution in [-0.2, 0) is 4.79 Å². The Morgan fingerprint density at radius 1 is 1.45 bits per heavy atom. The summed E-state index contributed by atoms with van der Waals surface area (Å²) in [5, 5.41) is 21.4. The molecule has 0 saturated carbocycles. The first-order chi connectivity index (χ1) is 9.58. The topological polar surface area (TPSA) is 82.4 Å². The number of aromatic hydroxyl groups is 1. The van der Waals surface area contributed by atoms with Gasteiger partial charge in [0.05, 0.1) is 7.11 Å². The maximum atomic E-state index is 11.9. The second kappa shape index (κ2) is 7.19. The van der Waals surface area contributed by atoms with E-state index in [2.05, 4.69) is 5.32 Å². The van der Waals surface area contributed by atoms with Gasteiger partial charge in [0.15, 0.2) is 11.5 Å². The van der Waals surface area contributed by atoms with Crippen LogP contribution in [0.25, 0.3) is 5.57 Å². The lowest BCUT2D eigenvalue weighted by molar-refractivity contribution is -0.116. The van der Waals surface area contributed by atoms with Gasteiger partial charge in [0.2, 0.25) is 0 Å². The highest BCUT2D eigenvalue weighted by Crippen LogP contribution is 2.31. The molecule has 0 saturated heterocycles. The highest BCUT2D eigenvalue weighted by molar-refractivity contribution is 6.04. The van der Waals surface area contributed by atoms with E-state index in [0.29, 0.717) is 29.9 Å². The van der Waals surface area contributed by atoms with Gasteiger partial charge in [-0.3, -0.25) is 4.79 Å². The van der Waals surface area contributed by atoms with Gasteiger partial charge in [0.25, 0.3) is 5.91 Å². The number of rotatable bonds is 5. The van der Waals surface area contributed by atoms with E-state index in [1.165, 1.54) is 13.2 Å². The third-order valence-electron chi connectivity index (χ3n) is 2.86. The number of carbonyl (C=O) groups excluding carboxylic acids is 1. The van der Waals surface area contributed by atoms with Gasteiger partial charge in [0, 0.05) is 6.54 Å². The Labute approximate surface area is 118 Å². The molecule has 0 aliphatic carbocycles. The van der Waals surface area contributed by atoms with Gasteiger partial charge in [0.1, 0.15) is 11.6 Å². The molecule has 5 nitrogen and oxygen atoms in total. The summed E-state index contributed by atoms with van der Waals surface area (Å²) in [6.07, 6.45) is 0.522. The zero-order valence-corrected chi connectivity index (χ0v) is 11.9. The van der Waals surface area contributed by atoms with Crippen molar-refractivity contribution in [2.24, 2.45) is 0 Å². The van der Waals surface area contributed by atoms with Crippen LogP contribution in [-0.4, -0.2) is 24.7 Å². The number of nitrogens with one attached hydrogen (secondary N) is 1. The molecule has 0 aliphatic heterocycles. The van der Waals surface area contributed by atoms with Gasteiger partial charge in [-0.2, -0.15) is 5.26 Å². The number of phenols is 1. The lowest BCUT2D eigenvalue weighted by atomic mass is 9.97. The van der Waals surface area contributed by atoms with Crippen LogP contribution in [0, 0.1) is 11.3 Å². The molecule has 0 spiro atoms. The first-order valence-electron chi connectivity index (χ1n) is 6.37. The molecule has 2 N–H and O–H groups in total. The molecule has 20 heavy (non-hydrogen) atoms. The van der Waals surface area contributed by atoms with Crippen LogP contribution in [0.2, 0.25) is 0 Å². The average Bonchev–Trinajstić information content (AvgIpc) is 2.45. The fourth-order valence-corrected chi connectivity index (χ4v) is 1.89. The molecule has 1 aromatic rings. The molecule has 0 fully saturated rings. The van der Waals surface area contributed by atoms with E-state index >= 15 is 0 Å². The van der Waals surface area contributed by atoms with Gasteiger partial charge < -0.3 is 15.2 Å². The summed E-state index contributed by atoms with van der Waals surface area (Å²) in [5.74, 6) is -0.0660. The van der Waals surface area contributed by atoms with E-state index in [0.717, 1.165) is 0 Å². The van der Waals surface area contributed by atoms with Gasteiger partial charge in [-0.25, -0.2) is 0 Å².